The van der Waals surface area contributed by atoms with Crippen molar-refractivity contribution in [2.75, 3.05) is 6.61 Å². The van der Waals surface area contributed by atoms with Gasteiger partial charge in [0.1, 0.15) is 5.60 Å². The van der Waals surface area contributed by atoms with Crippen molar-refractivity contribution in [1.82, 2.24) is 4.98 Å². The summed E-state index contributed by atoms with van der Waals surface area (Å²) >= 11 is 0. The Morgan fingerprint density at radius 3 is 2.69 bits per heavy atom. The van der Waals surface area contributed by atoms with E-state index >= 15 is 0 Å². The molecule has 7 nitrogen and oxygen atoms in total. The minimum absolute atomic E-state index is 0.0107. The molecule has 1 N–H and O–H groups in total. The Morgan fingerprint density at radius 1 is 1.31 bits per heavy atom. The molecule has 1 aliphatic heterocycles. The highest BCUT2D eigenvalue weighted by Crippen LogP contribution is 2.37. The maximum atomic E-state index is 12.3. The lowest BCUT2D eigenvalue weighted by molar-refractivity contribution is -0.157. The van der Waals surface area contributed by atoms with E-state index in [0.717, 1.165) is 11.1 Å². The van der Waals surface area contributed by atoms with Crippen molar-refractivity contribution in [3.63, 3.8) is 0 Å². The number of nitrogens with zero attached hydrogens (tertiary/aromatic N) is 1. The summed E-state index contributed by atoms with van der Waals surface area (Å²) in [6.07, 6.45) is 3.19. The van der Waals surface area contributed by atoms with Gasteiger partial charge in [0.15, 0.2) is 0 Å². The number of ether oxygens (including phenoxy) is 3. The highest BCUT2D eigenvalue weighted by Gasteiger charge is 2.37. The molecule has 0 amide bonds. The summed E-state index contributed by atoms with van der Waals surface area (Å²) in [5.74, 6) is -0.634. The van der Waals surface area contributed by atoms with Crippen molar-refractivity contribution in [3.05, 3.63) is 29.6 Å². The fourth-order valence-corrected chi connectivity index (χ4v) is 3.56. The zero-order valence-electron chi connectivity index (χ0n) is 18.0. The standard InChI is InChI=1S/C22H33NO6/c1-6-27-19(24)8-7-17-21(26)14(2)11-18(28-17)16-9-10-23-13-15(16)12-20(25)29-22(3,4)5/h9-10,13-14,17-18,21,26H,6-8,11-12H2,1-5H3/t14-,17-,18?,21+/m1/s1. The monoisotopic (exact) mass is 407 g/mol. The normalized spacial score (nSPS) is 24.8. The van der Waals surface area contributed by atoms with Crippen LogP contribution in [0.2, 0.25) is 0 Å². The van der Waals surface area contributed by atoms with Crippen molar-refractivity contribution in [1.29, 1.82) is 0 Å². The minimum atomic E-state index is -0.656. The number of aromatic nitrogens is 1. The average molecular weight is 408 g/mol. The summed E-state index contributed by atoms with van der Waals surface area (Å²) in [6.45, 7) is 9.55. The first-order valence-corrected chi connectivity index (χ1v) is 10.2. The molecule has 4 atom stereocenters. The summed E-state index contributed by atoms with van der Waals surface area (Å²) in [5, 5.41) is 10.5. The van der Waals surface area contributed by atoms with Gasteiger partial charge in [0, 0.05) is 18.8 Å². The predicted molar refractivity (Wildman–Crippen MR) is 107 cm³/mol. The molecular formula is C22H33NO6. The fourth-order valence-electron chi connectivity index (χ4n) is 3.56. The number of hydrogen-bond donors (Lipinski definition) is 1. The lowest BCUT2D eigenvalue weighted by Crippen LogP contribution is -2.41. The van der Waals surface area contributed by atoms with E-state index in [9.17, 15) is 14.7 Å². The van der Waals surface area contributed by atoms with Crippen molar-refractivity contribution in [2.24, 2.45) is 5.92 Å². The fraction of sp³-hybridized carbons (Fsp3) is 0.682. The maximum Gasteiger partial charge on any atom is 0.310 e. The molecule has 0 spiro atoms. The Bertz CT molecular complexity index is 699. The van der Waals surface area contributed by atoms with E-state index in [0.29, 0.717) is 19.4 Å². The van der Waals surface area contributed by atoms with Gasteiger partial charge in [-0.15, -0.1) is 0 Å². The van der Waals surface area contributed by atoms with Crippen LogP contribution >= 0.6 is 0 Å². The van der Waals surface area contributed by atoms with E-state index in [2.05, 4.69) is 4.98 Å². The molecule has 162 valence electrons. The van der Waals surface area contributed by atoms with E-state index in [4.69, 9.17) is 14.2 Å². The van der Waals surface area contributed by atoms with Crippen LogP contribution in [0.25, 0.3) is 0 Å². The summed E-state index contributed by atoms with van der Waals surface area (Å²) in [4.78, 5) is 28.1. The summed E-state index contributed by atoms with van der Waals surface area (Å²) in [6, 6.07) is 1.84. The molecule has 1 aromatic rings. The van der Waals surface area contributed by atoms with Crippen molar-refractivity contribution in [3.8, 4) is 0 Å². The zero-order valence-corrected chi connectivity index (χ0v) is 18.0. The van der Waals surface area contributed by atoms with Crippen molar-refractivity contribution < 1.29 is 28.9 Å². The van der Waals surface area contributed by atoms with Gasteiger partial charge in [-0.1, -0.05) is 6.92 Å². The lowest BCUT2D eigenvalue weighted by Gasteiger charge is -2.39. The molecule has 0 saturated carbocycles. The third kappa shape index (κ3) is 7.08. The SMILES string of the molecule is CCOC(=O)CC[C@H]1OC(c2ccncc2CC(=O)OC(C)(C)C)C[C@@H](C)[C@@H]1O. The van der Waals surface area contributed by atoms with Gasteiger partial charge >= 0.3 is 11.9 Å². The predicted octanol–water partition coefficient (Wildman–Crippen LogP) is 3.14. The summed E-state index contributed by atoms with van der Waals surface area (Å²) in [5.41, 5.74) is 1.06. The molecule has 1 aromatic heterocycles. The Balaban J connectivity index is 2.12. The number of carbonyl (C=O) groups is 2. The van der Waals surface area contributed by atoms with Gasteiger partial charge in [-0.2, -0.15) is 0 Å². The Hall–Kier alpha value is -1.99. The molecular weight excluding hydrogens is 374 g/mol. The van der Waals surface area contributed by atoms with Gasteiger partial charge in [-0.05, 0) is 63.6 Å². The van der Waals surface area contributed by atoms with Crippen molar-refractivity contribution >= 4 is 11.9 Å². The minimum Gasteiger partial charge on any atom is -0.466 e. The van der Waals surface area contributed by atoms with Gasteiger partial charge < -0.3 is 19.3 Å². The Kier molecular flexibility index (Phi) is 8.16. The average Bonchev–Trinajstić information content (AvgIpc) is 2.62. The van der Waals surface area contributed by atoms with Gasteiger partial charge in [0.05, 0.1) is 31.3 Å². The molecule has 29 heavy (non-hydrogen) atoms. The van der Waals surface area contributed by atoms with Crippen LogP contribution in [0.4, 0.5) is 0 Å². The molecule has 1 aliphatic rings. The molecule has 7 heteroatoms. The van der Waals surface area contributed by atoms with Crippen LogP contribution < -0.4 is 0 Å². The number of rotatable bonds is 7. The van der Waals surface area contributed by atoms with Crippen LogP contribution in [0.1, 0.15) is 71.1 Å². The molecule has 2 heterocycles. The van der Waals surface area contributed by atoms with Crippen LogP contribution in [0, 0.1) is 5.92 Å². The molecule has 1 fully saturated rings. The molecule has 0 aromatic carbocycles. The van der Waals surface area contributed by atoms with Gasteiger partial charge in [-0.3, -0.25) is 14.6 Å². The van der Waals surface area contributed by atoms with Crippen LogP contribution in [-0.4, -0.2) is 46.4 Å². The first kappa shape index (κ1) is 23.3. The lowest BCUT2D eigenvalue weighted by atomic mass is 9.85. The van der Waals surface area contributed by atoms with Crippen molar-refractivity contribution in [2.45, 2.75) is 84.2 Å². The van der Waals surface area contributed by atoms with Crippen LogP contribution in [0.15, 0.2) is 18.5 Å². The van der Waals surface area contributed by atoms with E-state index in [-0.39, 0.29) is 36.8 Å². The number of aliphatic hydroxyl groups excluding tert-OH is 1. The second-order valence-electron chi connectivity index (χ2n) is 8.55. The van der Waals surface area contributed by atoms with E-state index in [1.807, 2.05) is 33.8 Å². The van der Waals surface area contributed by atoms with E-state index < -0.39 is 17.8 Å². The summed E-state index contributed by atoms with van der Waals surface area (Å²) in [7, 11) is 0. The molecule has 0 radical (unpaired) electrons. The van der Waals surface area contributed by atoms with Gasteiger partial charge in [0.25, 0.3) is 0 Å². The molecule has 1 saturated heterocycles. The third-order valence-corrected chi connectivity index (χ3v) is 4.87. The molecule has 2 rings (SSSR count). The summed E-state index contributed by atoms with van der Waals surface area (Å²) < 4.78 is 16.6. The molecule has 0 aliphatic carbocycles. The molecule has 0 bridgehead atoms. The van der Waals surface area contributed by atoms with E-state index in [1.165, 1.54) is 0 Å². The maximum absolute atomic E-state index is 12.3. The number of pyridine rings is 1. The number of hydrogen-bond acceptors (Lipinski definition) is 7. The Morgan fingerprint density at radius 2 is 2.03 bits per heavy atom. The second kappa shape index (κ2) is 10.2. The van der Waals surface area contributed by atoms with E-state index in [1.54, 1.807) is 19.3 Å². The number of carbonyl (C=O) groups excluding carboxylic acids is 2. The smallest absolute Gasteiger partial charge is 0.310 e. The second-order valence-corrected chi connectivity index (χ2v) is 8.55. The largest absolute Gasteiger partial charge is 0.466 e. The van der Waals surface area contributed by atoms with Crippen LogP contribution in [-0.2, 0) is 30.2 Å². The molecule has 1 unspecified atom stereocenters. The number of esters is 2. The zero-order chi connectivity index (χ0) is 21.6. The topological polar surface area (TPSA) is 95.0 Å². The third-order valence-electron chi connectivity index (χ3n) is 4.87. The van der Waals surface area contributed by atoms with Crippen LogP contribution in [0.3, 0.4) is 0 Å². The van der Waals surface area contributed by atoms with Crippen LogP contribution in [0.5, 0.6) is 0 Å². The highest BCUT2D eigenvalue weighted by molar-refractivity contribution is 5.73. The highest BCUT2D eigenvalue weighted by atomic mass is 16.6. The number of aliphatic hydroxyl groups is 1. The quantitative estimate of drug-likeness (QED) is 0.694. The first-order chi connectivity index (χ1) is 13.6. The van der Waals surface area contributed by atoms with Gasteiger partial charge in [0.2, 0.25) is 0 Å². The first-order valence-electron chi connectivity index (χ1n) is 10.2. The van der Waals surface area contributed by atoms with Gasteiger partial charge in [-0.25, -0.2) is 0 Å². The Labute approximate surface area is 172 Å².